The van der Waals surface area contributed by atoms with E-state index < -0.39 is 0 Å². The van der Waals surface area contributed by atoms with E-state index in [-0.39, 0.29) is 18.5 Å². The number of halogens is 1. The molecule has 26 heavy (non-hydrogen) atoms. The van der Waals surface area contributed by atoms with Crippen LogP contribution < -0.4 is 15.5 Å². The van der Waals surface area contributed by atoms with Gasteiger partial charge in [0.2, 0.25) is 5.91 Å². The van der Waals surface area contributed by atoms with Gasteiger partial charge in [0, 0.05) is 57.6 Å². The molecule has 1 unspecified atom stereocenters. The van der Waals surface area contributed by atoms with E-state index in [2.05, 4.69) is 20.5 Å². The zero-order valence-corrected chi connectivity index (χ0v) is 16.4. The van der Waals surface area contributed by atoms with Gasteiger partial charge in [-0.25, -0.2) is 4.99 Å². The Kier molecular flexibility index (Phi) is 8.00. The van der Waals surface area contributed by atoms with Gasteiger partial charge in [0.25, 0.3) is 0 Å². The second-order valence-electron chi connectivity index (χ2n) is 6.42. The third-order valence-electron chi connectivity index (χ3n) is 4.19. The molecule has 144 valence electrons. The zero-order valence-electron chi connectivity index (χ0n) is 15.7. The van der Waals surface area contributed by atoms with Crippen molar-refractivity contribution in [2.24, 2.45) is 4.99 Å². The van der Waals surface area contributed by atoms with Gasteiger partial charge < -0.3 is 25.2 Å². The van der Waals surface area contributed by atoms with Crippen molar-refractivity contribution in [3.8, 4) is 0 Å². The van der Waals surface area contributed by atoms with E-state index in [0.717, 1.165) is 30.2 Å². The van der Waals surface area contributed by atoms with Crippen LogP contribution in [-0.2, 0) is 9.53 Å². The normalized spacial score (nSPS) is 17.3. The minimum Gasteiger partial charge on any atom is -0.383 e. The van der Waals surface area contributed by atoms with Gasteiger partial charge in [-0.05, 0) is 30.7 Å². The lowest BCUT2D eigenvalue weighted by Crippen LogP contribution is -2.46. The number of rotatable bonds is 7. The number of aliphatic imine (C=N–C) groups is 1. The van der Waals surface area contributed by atoms with Gasteiger partial charge in [-0.3, -0.25) is 4.79 Å². The number of hydrogen-bond donors (Lipinski definition) is 2. The fourth-order valence-corrected chi connectivity index (χ4v) is 2.80. The number of ether oxygens (including phenoxy) is 1. The average molecular weight is 382 g/mol. The molecule has 1 saturated heterocycles. The van der Waals surface area contributed by atoms with E-state index in [1.807, 2.05) is 24.3 Å². The Morgan fingerprint density at radius 3 is 2.77 bits per heavy atom. The lowest BCUT2D eigenvalue weighted by atomic mass is 10.3. The number of carbonyl (C=O) groups excluding carboxylic acids is 1. The number of likely N-dealkylation sites (N-methyl/N-ethyl adjacent to an activating group) is 1. The predicted octanol–water partition coefficient (Wildman–Crippen LogP) is 1.19. The van der Waals surface area contributed by atoms with E-state index in [1.165, 1.54) is 4.90 Å². The maximum Gasteiger partial charge on any atom is 0.243 e. The molecule has 8 heteroatoms. The zero-order chi connectivity index (χ0) is 18.9. The largest absolute Gasteiger partial charge is 0.383 e. The van der Waals surface area contributed by atoms with E-state index in [0.29, 0.717) is 19.1 Å². The van der Waals surface area contributed by atoms with E-state index in [9.17, 15) is 4.79 Å². The van der Waals surface area contributed by atoms with Crippen molar-refractivity contribution in [2.45, 2.75) is 12.5 Å². The van der Waals surface area contributed by atoms with Gasteiger partial charge >= 0.3 is 0 Å². The number of carbonyl (C=O) groups is 1. The van der Waals surface area contributed by atoms with Crippen molar-refractivity contribution < 1.29 is 9.53 Å². The molecule has 1 aromatic carbocycles. The summed E-state index contributed by atoms with van der Waals surface area (Å²) < 4.78 is 5.07. The molecule has 1 aliphatic rings. The van der Waals surface area contributed by atoms with Gasteiger partial charge in [-0.1, -0.05) is 11.6 Å². The first-order valence-electron chi connectivity index (χ1n) is 8.74. The Balaban J connectivity index is 1.93. The highest BCUT2D eigenvalue weighted by molar-refractivity contribution is 6.30. The summed E-state index contributed by atoms with van der Waals surface area (Å²) in [5, 5.41) is 7.38. The molecule has 1 aromatic rings. The molecule has 2 rings (SSSR count). The Morgan fingerprint density at radius 2 is 2.12 bits per heavy atom. The second kappa shape index (κ2) is 10.2. The van der Waals surface area contributed by atoms with Crippen LogP contribution in [0.15, 0.2) is 29.3 Å². The Hall–Kier alpha value is -1.99. The Labute approximate surface area is 160 Å². The van der Waals surface area contributed by atoms with Crippen LogP contribution >= 0.6 is 11.6 Å². The highest BCUT2D eigenvalue weighted by Gasteiger charge is 2.23. The van der Waals surface area contributed by atoms with Crippen LogP contribution in [0.5, 0.6) is 0 Å². The van der Waals surface area contributed by atoms with Crippen LogP contribution in [0, 0.1) is 0 Å². The van der Waals surface area contributed by atoms with Gasteiger partial charge in [0.05, 0.1) is 6.61 Å². The Morgan fingerprint density at radius 1 is 1.38 bits per heavy atom. The third-order valence-corrected chi connectivity index (χ3v) is 4.44. The molecule has 1 heterocycles. The highest BCUT2D eigenvalue weighted by atomic mass is 35.5. The molecule has 0 aromatic heterocycles. The smallest absolute Gasteiger partial charge is 0.243 e. The Bertz CT molecular complexity index is 606. The number of nitrogens with one attached hydrogen (secondary N) is 2. The van der Waals surface area contributed by atoms with Crippen LogP contribution in [0.4, 0.5) is 5.69 Å². The summed E-state index contributed by atoms with van der Waals surface area (Å²) in [6, 6.07) is 8.14. The fourth-order valence-electron chi connectivity index (χ4n) is 2.67. The first kappa shape index (κ1) is 20.3. The number of nitrogens with zero attached hydrogens (tertiary/aromatic N) is 3. The molecule has 2 N–H and O–H groups in total. The quantitative estimate of drug-likeness (QED) is 0.422. The molecular formula is C18H28ClN5O2. The number of methoxy groups -OCH3 is 1. The highest BCUT2D eigenvalue weighted by Crippen LogP contribution is 2.22. The molecule has 1 aliphatic heterocycles. The van der Waals surface area contributed by atoms with Crippen LogP contribution in [0.2, 0.25) is 5.02 Å². The van der Waals surface area contributed by atoms with Crippen molar-refractivity contribution in [3.05, 3.63) is 29.3 Å². The number of amides is 1. The third kappa shape index (κ3) is 6.38. The van der Waals surface area contributed by atoms with Crippen molar-refractivity contribution in [1.82, 2.24) is 15.5 Å². The second-order valence-corrected chi connectivity index (χ2v) is 6.86. The standard InChI is InChI=1S/C18H28ClN5O2/c1-23(2)17(25)12-21-18(20-9-11-26-3)22-15-8-10-24(13-15)16-6-4-14(19)5-7-16/h4-7,15H,8-13H2,1-3H3,(H2,20,21,22). The summed E-state index contributed by atoms with van der Waals surface area (Å²) >= 11 is 5.96. The maximum atomic E-state index is 11.8. The molecule has 1 amide bonds. The predicted molar refractivity (Wildman–Crippen MR) is 106 cm³/mol. The van der Waals surface area contributed by atoms with Crippen LogP contribution in [0.25, 0.3) is 0 Å². The summed E-state index contributed by atoms with van der Waals surface area (Å²) in [6.07, 6.45) is 0.995. The summed E-state index contributed by atoms with van der Waals surface area (Å²) in [6.45, 7) is 3.15. The minimum atomic E-state index is -0.0351. The average Bonchev–Trinajstić information content (AvgIpc) is 3.08. The van der Waals surface area contributed by atoms with Crippen molar-refractivity contribution in [2.75, 3.05) is 58.9 Å². The molecule has 1 fully saturated rings. The monoisotopic (exact) mass is 381 g/mol. The number of guanidine groups is 1. The molecule has 0 spiro atoms. The number of hydrogen-bond acceptors (Lipinski definition) is 4. The van der Waals surface area contributed by atoms with Gasteiger partial charge in [0.1, 0.15) is 6.54 Å². The lowest BCUT2D eigenvalue weighted by Gasteiger charge is -2.21. The number of anilines is 1. The minimum absolute atomic E-state index is 0.0351. The molecule has 0 bridgehead atoms. The van der Waals surface area contributed by atoms with Crippen LogP contribution in [0.3, 0.4) is 0 Å². The molecule has 0 saturated carbocycles. The molecule has 0 aliphatic carbocycles. The first-order valence-corrected chi connectivity index (χ1v) is 9.12. The van der Waals surface area contributed by atoms with Crippen molar-refractivity contribution in [3.63, 3.8) is 0 Å². The summed E-state index contributed by atoms with van der Waals surface area (Å²) in [5.74, 6) is 0.604. The van der Waals surface area contributed by atoms with Gasteiger partial charge in [-0.15, -0.1) is 0 Å². The van der Waals surface area contributed by atoms with Crippen molar-refractivity contribution in [1.29, 1.82) is 0 Å². The molecule has 0 radical (unpaired) electrons. The fraction of sp³-hybridized carbons (Fsp3) is 0.556. The SMILES string of the molecule is COCCNC(=NCC(=O)N(C)C)NC1CCN(c2ccc(Cl)cc2)C1. The lowest BCUT2D eigenvalue weighted by molar-refractivity contribution is -0.127. The maximum absolute atomic E-state index is 11.8. The van der Waals surface area contributed by atoms with E-state index >= 15 is 0 Å². The summed E-state index contributed by atoms with van der Waals surface area (Å²) in [5.41, 5.74) is 1.16. The van der Waals surface area contributed by atoms with Crippen LogP contribution in [-0.4, -0.2) is 76.8 Å². The molecule has 7 nitrogen and oxygen atoms in total. The first-order chi connectivity index (χ1) is 12.5. The number of benzene rings is 1. The summed E-state index contributed by atoms with van der Waals surface area (Å²) in [7, 11) is 5.11. The van der Waals surface area contributed by atoms with Crippen molar-refractivity contribution >= 4 is 29.2 Å². The van der Waals surface area contributed by atoms with Crippen LogP contribution in [0.1, 0.15) is 6.42 Å². The van der Waals surface area contributed by atoms with E-state index in [1.54, 1.807) is 21.2 Å². The van der Waals surface area contributed by atoms with Gasteiger partial charge in [0.15, 0.2) is 5.96 Å². The molecule has 1 atom stereocenters. The summed E-state index contributed by atoms with van der Waals surface area (Å²) in [4.78, 5) is 20.0. The topological polar surface area (TPSA) is 69.2 Å². The van der Waals surface area contributed by atoms with E-state index in [4.69, 9.17) is 16.3 Å². The molecular weight excluding hydrogens is 354 g/mol. The van der Waals surface area contributed by atoms with Gasteiger partial charge in [-0.2, -0.15) is 0 Å².